The van der Waals surface area contributed by atoms with E-state index >= 15 is 0 Å². The molecule has 0 bridgehead atoms. The van der Waals surface area contributed by atoms with E-state index in [9.17, 15) is 45.5 Å². The molecule has 5 rings (SSSR count). The highest BCUT2D eigenvalue weighted by Gasteiger charge is 2.45. The van der Waals surface area contributed by atoms with E-state index in [0.717, 1.165) is 32.1 Å². The number of hydrogen-bond donors (Lipinski definition) is 2. The van der Waals surface area contributed by atoms with Crippen molar-refractivity contribution in [1.29, 1.82) is 0 Å². The molecule has 2 N–H and O–H groups in total. The number of ether oxygens (including phenoxy) is 2. The molecule has 2 saturated heterocycles. The summed E-state index contributed by atoms with van der Waals surface area (Å²) in [6.45, 7) is 0.253. The van der Waals surface area contributed by atoms with Gasteiger partial charge in [-0.1, -0.05) is 84.9 Å². The number of rotatable bonds is 22. The third kappa shape index (κ3) is 14.5. The highest BCUT2D eigenvalue weighted by Crippen LogP contribution is 2.26. The Morgan fingerprint density at radius 2 is 0.953 bits per heavy atom. The summed E-state index contributed by atoms with van der Waals surface area (Å²) in [7, 11) is 3.20. The van der Waals surface area contributed by atoms with Gasteiger partial charge in [-0.15, -0.1) is 0 Å². The van der Waals surface area contributed by atoms with E-state index < -0.39 is 48.3 Å². The van der Waals surface area contributed by atoms with Crippen LogP contribution in [0.2, 0.25) is 0 Å². The van der Waals surface area contributed by atoms with Crippen molar-refractivity contribution in [2.24, 2.45) is 0 Å². The Morgan fingerprint density at radius 3 is 1.28 bits per heavy atom. The average molecular weight is 905 g/mol. The molecule has 0 aliphatic carbocycles. The second kappa shape index (κ2) is 23.8. The Labute approximate surface area is 370 Å². The zero-order chi connectivity index (χ0) is 46.3. The monoisotopic (exact) mass is 904 g/mol. The summed E-state index contributed by atoms with van der Waals surface area (Å²) in [4.78, 5) is 56.8. The summed E-state index contributed by atoms with van der Waals surface area (Å²) in [5.74, 6) is -4.50. The second-order valence-electron chi connectivity index (χ2n) is 16.2. The predicted octanol–water partition coefficient (Wildman–Crippen LogP) is 5.15. The third-order valence-electron chi connectivity index (χ3n) is 11.7. The average Bonchev–Trinajstić information content (AvgIpc) is 3.96. The molecule has 64 heavy (non-hydrogen) atoms. The molecule has 0 saturated carbocycles. The minimum atomic E-state index is -5.04. The molecule has 2 fully saturated rings. The van der Waals surface area contributed by atoms with Gasteiger partial charge in [-0.2, -0.15) is 26.3 Å². The molecule has 2 aliphatic heterocycles. The predicted molar refractivity (Wildman–Crippen MR) is 226 cm³/mol. The van der Waals surface area contributed by atoms with Crippen molar-refractivity contribution in [1.82, 2.24) is 30.2 Å². The molecule has 4 amide bonds. The van der Waals surface area contributed by atoms with Gasteiger partial charge < -0.3 is 39.7 Å². The van der Waals surface area contributed by atoms with Crippen LogP contribution in [-0.4, -0.2) is 146 Å². The lowest BCUT2D eigenvalue weighted by atomic mass is 10.1. The molecule has 18 heteroatoms. The fourth-order valence-corrected chi connectivity index (χ4v) is 8.15. The van der Waals surface area contributed by atoms with Gasteiger partial charge in [0, 0.05) is 51.4 Å². The van der Waals surface area contributed by atoms with Gasteiger partial charge in [-0.3, -0.25) is 19.2 Å². The number of hydrogen-bond acceptors (Lipinski definition) is 8. The van der Waals surface area contributed by atoms with E-state index in [1.165, 1.54) is 9.80 Å². The number of carbonyl (C=O) groups excluding carboxylic acids is 4. The van der Waals surface area contributed by atoms with Crippen LogP contribution >= 0.6 is 0 Å². The first kappa shape index (κ1) is 50.0. The van der Waals surface area contributed by atoms with Gasteiger partial charge in [0.2, 0.25) is 11.8 Å². The fourth-order valence-electron chi connectivity index (χ4n) is 8.15. The largest absolute Gasteiger partial charge is 0.471 e. The summed E-state index contributed by atoms with van der Waals surface area (Å²) in [6, 6.07) is 22.5. The summed E-state index contributed by atoms with van der Waals surface area (Å²) >= 11 is 0. The van der Waals surface area contributed by atoms with Crippen molar-refractivity contribution < 1.29 is 55.0 Å². The van der Waals surface area contributed by atoms with Gasteiger partial charge in [0.1, 0.15) is 12.1 Å². The Kier molecular flexibility index (Phi) is 18.6. The minimum Gasteiger partial charge on any atom is -0.375 e. The summed E-state index contributed by atoms with van der Waals surface area (Å²) in [5.41, 5.74) is 3.20. The van der Waals surface area contributed by atoms with Gasteiger partial charge in [0.15, 0.2) is 0 Å². The SMILES string of the molecule is CN[C@@H](COCc1ccc(COC[C@H](NC)C(=O)N2CCC[C@H]2CN(CCc2ccccc2)C(=O)C(F)(F)F)cc1)C(=O)N1CCC[C@H]1CN(CCc1ccccc1)C(=O)C(F)(F)F. The van der Waals surface area contributed by atoms with E-state index in [0.29, 0.717) is 38.8 Å². The van der Waals surface area contributed by atoms with Gasteiger partial charge in [-0.05, 0) is 74.9 Å². The van der Waals surface area contributed by atoms with E-state index in [2.05, 4.69) is 10.6 Å². The lowest BCUT2D eigenvalue weighted by molar-refractivity contribution is -0.186. The number of likely N-dealkylation sites (N-methyl/N-ethyl adjacent to an activating group) is 2. The van der Waals surface area contributed by atoms with Crippen molar-refractivity contribution in [2.45, 2.75) is 88.3 Å². The number of nitrogens with zero attached hydrogens (tertiary/aromatic N) is 4. The molecule has 0 radical (unpaired) electrons. The number of likely N-dealkylation sites (tertiary alicyclic amines) is 2. The number of alkyl halides is 6. The second-order valence-corrected chi connectivity index (χ2v) is 16.2. The van der Waals surface area contributed by atoms with Crippen LogP contribution < -0.4 is 10.6 Å². The molecule has 4 atom stereocenters. The molecule has 12 nitrogen and oxygen atoms in total. The number of amides is 4. The smallest absolute Gasteiger partial charge is 0.375 e. The van der Waals surface area contributed by atoms with Gasteiger partial charge in [0.05, 0.1) is 26.4 Å². The van der Waals surface area contributed by atoms with Crippen LogP contribution in [0.5, 0.6) is 0 Å². The Morgan fingerprint density at radius 1 is 0.594 bits per heavy atom. The standard InChI is InChI=1S/C46H58F6N6O6/c1-53-39(41(59)57-23-9-15-37(57)27-55(43(61)45(47,48)49)25-21-33-11-5-3-6-12-33)31-63-29-35-17-19-36(20-18-35)30-64-32-40(54-2)42(60)58-24-10-16-38(58)28-56(44(62)46(50,51)52)26-22-34-13-7-4-8-14-34/h3-8,11-14,17-20,37-40,53-54H,9-10,15-16,21-32H2,1-2H3/t37-,38-,39-,40-/m0/s1. The zero-order valence-electron chi connectivity index (χ0n) is 36.2. The van der Waals surface area contributed by atoms with Crippen LogP contribution in [0.25, 0.3) is 0 Å². The fraction of sp³-hybridized carbons (Fsp3) is 0.522. The normalized spacial score (nSPS) is 17.6. The van der Waals surface area contributed by atoms with Crippen molar-refractivity contribution in [3.8, 4) is 0 Å². The number of halogens is 6. The quantitative estimate of drug-likeness (QED) is 0.133. The number of nitrogens with one attached hydrogen (secondary N) is 2. The Hall–Kier alpha value is -5.04. The topological polar surface area (TPSA) is 124 Å². The van der Waals surface area contributed by atoms with Crippen LogP contribution in [-0.2, 0) is 54.7 Å². The molecule has 0 aromatic heterocycles. The summed E-state index contributed by atoms with van der Waals surface area (Å²) in [6.07, 6.45) is -7.50. The van der Waals surface area contributed by atoms with Crippen LogP contribution in [0.15, 0.2) is 84.9 Å². The van der Waals surface area contributed by atoms with Crippen molar-refractivity contribution in [2.75, 3.05) is 66.6 Å². The van der Waals surface area contributed by atoms with E-state index in [4.69, 9.17) is 9.47 Å². The van der Waals surface area contributed by atoms with Gasteiger partial charge in [-0.25, -0.2) is 0 Å². The van der Waals surface area contributed by atoms with Crippen molar-refractivity contribution in [3.63, 3.8) is 0 Å². The molecule has 2 heterocycles. The molecule has 3 aromatic rings. The third-order valence-corrected chi connectivity index (χ3v) is 11.7. The first-order valence-electron chi connectivity index (χ1n) is 21.6. The lowest BCUT2D eigenvalue weighted by Crippen LogP contribution is -2.53. The Bertz CT molecular complexity index is 1800. The maximum Gasteiger partial charge on any atom is 0.471 e. The molecular weight excluding hydrogens is 847 g/mol. The molecule has 0 spiro atoms. The molecule has 350 valence electrons. The summed E-state index contributed by atoms with van der Waals surface area (Å²) < 4.78 is 93.4. The maximum absolute atomic E-state index is 13.6. The van der Waals surface area contributed by atoms with Crippen LogP contribution in [0.3, 0.4) is 0 Å². The van der Waals surface area contributed by atoms with Crippen LogP contribution in [0.4, 0.5) is 26.3 Å². The highest BCUT2D eigenvalue weighted by atomic mass is 19.4. The number of carbonyl (C=O) groups is 4. The summed E-state index contributed by atoms with van der Waals surface area (Å²) in [5, 5.41) is 5.91. The first-order chi connectivity index (χ1) is 30.6. The molecule has 0 unspecified atom stereocenters. The molecular formula is C46H58F6N6O6. The highest BCUT2D eigenvalue weighted by molar-refractivity contribution is 5.84. The van der Waals surface area contributed by atoms with E-state index in [1.54, 1.807) is 74.8 Å². The van der Waals surface area contributed by atoms with E-state index in [1.807, 2.05) is 24.3 Å². The first-order valence-corrected chi connectivity index (χ1v) is 21.6. The molecule has 2 aliphatic rings. The van der Waals surface area contributed by atoms with Crippen LogP contribution in [0, 0.1) is 0 Å². The maximum atomic E-state index is 13.6. The van der Waals surface area contributed by atoms with Crippen molar-refractivity contribution in [3.05, 3.63) is 107 Å². The van der Waals surface area contributed by atoms with Gasteiger partial charge >= 0.3 is 24.2 Å². The lowest BCUT2D eigenvalue weighted by Gasteiger charge is -2.33. The zero-order valence-corrected chi connectivity index (χ0v) is 36.2. The van der Waals surface area contributed by atoms with Crippen molar-refractivity contribution >= 4 is 23.6 Å². The van der Waals surface area contributed by atoms with E-state index in [-0.39, 0.29) is 77.3 Å². The number of benzene rings is 3. The minimum absolute atomic E-state index is 0.00964. The van der Waals surface area contributed by atoms with Gasteiger partial charge in [0.25, 0.3) is 0 Å². The van der Waals surface area contributed by atoms with Crippen LogP contribution in [0.1, 0.15) is 47.9 Å². The Balaban J connectivity index is 1.07. The molecule has 3 aromatic carbocycles.